The Hall–Kier alpha value is -0.300. The SMILES string of the molecule is [2H]/C(CC)=C(/[2H])CCO. The van der Waals surface area contributed by atoms with Crippen molar-refractivity contribution < 1.29 is 7.85 Å². The summed E-state index contributed by atoms with van der Waals surface area (Å²) in [5, 5.41) is 8.34. The molecule has 0 unspecified atom stereocenters. The molecule has 0 aliphatic rings. The first kappa shape index (κ1) is 3.67. The first-order valence-corrected chi connectivity index (χ1v) is 2.48. The molecule has 0 aromatic heterocycles. The summed E-state index contributed by atoms with van der Waals surface area (Å²) in [6.07, 6.45) is 0.894. The maximum Gasteiger partial charge on any atom is 0.0573 e. The Morgan fingerprint density at radius 3 is 2.86 bits per heavy atom. The average Bonchev–Trinajstić information content (AvgIpc) is 1.87. The zero-order valence-electron chi connectivity index (χ0n) is 6.57. The third kappa shape index (κ3) is 5.70. The quantitative estimate of drug-likeness (QED) is 0.533. The van der Waals surface area contributed by atoms with Gasteiger partial charge in [-0.15, -0.1) is 0 Å². The number of rotatable bonds is 3. The number of hydrogen-bond acceptors (Lipinski definition) is 1. The van der Waals surface area contributed by atoms with E-state index in [1.807, 2.05) is 6.92 Å². The van der Waals surface area contributed by atoms with Gasteiger partial charge in [-0.1, -0.05) is 19.0 Å². The second kappa shape index (κ2) is 5.70. The van der Waals surface area contributed by atoms with Crippen molar-refractivity contribution in [1.29, 1.82) is 0 Å². The van der Waals surface area contributed by atoms with Gasteiger partial charge in [-0.05, 0) is 12.8 Å². The van der Waals surface area contributed by atoms with Crippen LogP contribution in [-0.4, -0.2) is 11.7 Å². The molecular formula is C6H12O. The van der Waals surface area contributed by atoms with Crippen LogP contribution in [0.5, 0.6) is 0 Å². The largest absolute Gasteiger partial charge is 0.396 e. The van der Waals surface area contributed by atoms with Crippen LogP contribution in [0.25, 0.3) is 0 Å². The number of aliphatic hydroxyl groups is 1. The maximum atomic E-state index is 8.34. The third-order valence-corrected chi connectivity index (χ3v) is 0.539. The molecule has 0 radical (unpaired) electrons. The van der Waals surface area contributed by atoms with E-state index >= 15 is 0 Å². The molecule has 0 bridgehead atoms. The molecule has 0 aromatic carbocycles. The molecule has 42 valence electrons. The van der Waals surface area contributed by atoms with Gasteiger partial charge in [0, 0.05) is 6.61 Å². The molecule has 0 atom stereocenters. The highest BCUT2D eigenvalue weighted by Crippen LogP contribution is 1.82. The predicted octanol–water partition coefficient (Wildman–Crippen LogP) is 1.33. The van der Waals surface area contributed by atoms with Crippen molar-refractivity contribution in [2.75, 3.05) is 6.61 Å². The van der Waals surface area contributed by atoms with Gasteiger partial charge in [-0.3, -0.25) is 0 Å². The Labute approximate surface area is 47.5 Å². The summed E-state index contributed by atoms with van der Waals surface area (Å²) in [5.41, 5.74) is 0. The standard InChI is InChI=1S/C6H12O/c1-2-3-4-5-6-7/h3-4,7H,2,5-6H2,1H3/b4-3+/i3D,4D. The smallest absolute Gasteiger partial charge is 0.0573 e. The van der Waals surface area contributed by atoms with Crippen molar-refractivity contribution in [3.63, 3.8) is 0 Å². The molecule has 1 nitrogen and oxygen atoms in total. The van der Waals surface area contributed by atoms with Gasteiger partial charge < -0.3 is 5.11 Å². The molecule has 0 saturated heterocycles. The predicted molar refractivity (Wildman–Crippen MR) is 31.1 cm³/mol. The normalized spacial score (nSPS) is 17.4. The first-order valence-electron chi connectivity index (χ1n) is 3.48. The Bertz CT molecular complexity index is 110. The molecule has 0 fully saturated rings. The summed E-state index contributed by atoms with van der Waals surface area (Å²) in [4.78, 5) is 0. The fraction of sp³-hybridized carbons (Fsp3) is 0.667. The van der Waals surface area contributed by atoms with Crippen LogP contribution in [0.1, 0.15) is 22.5 Å². The van der Waals surface area contributed by atoms with Crippen molar-refractivity contribution in [3.05, 3.63) is 12.1 Å². The van der Waals surface area contributed by atoms with Crippen LogP contribution in [0, 0.1) is 0 Å². The van der Waals surface area contributed by atoms with Crippen LogP contribution < -0.4 is 0 Å². The number of allylic oxidation sites excluding steroid dienone is 1. The maximum absolute atomic E-state index is 8.34. The van der Waals surface area contributed by atoms with Crippen LogP contribution in [0.4, 0.5) is 0 Å². The van der Waals surface area contributed by atoms with Gasteiger partial charge in [-0.25, -0.2) is 0 Å². The fourth-order valence-corrected chi connectivity index (χ4v) is 0.269. The third-order valence-electron chi connectivity index (χ3n) is 0.539. The van der Waals surface area contributed by atoms with Crippen LogP contribution in [-0.2, 0) is 0 Å². The lowest BCUT2D eigenvalue weighted by molar-refractivity contribution is 0.302. The highest BCUT2D eigenvalue weighted by molar-refractivity contribution is 4.79. The minimum Gasteiger partial charge on any atom is -0.396 e. The van der Waals surface area contributed by atoms with Gasteiger partial charge in [0.25, 0.3) is 0 Å². The zero-order chi connectivity index (χ0) is 7.28. The molecule has 0 rings (SSSR count). The van der Waals surface area contributed by atoms with E-state index in [0.29, 0.717) is 18.9 Å². The van der Waals surface area contributed by atoms with Gasteiger partial charge >= 0.3 is 0 Å². The molecule has 0 spiro atoms. The van der Waals surface area contributed by atoms with E-state index < -0.39 is 0 Å². The van der Waals surface area contributed by atoms with Gasteiger partial charge in [0.05, 0.1) is 2.74 Å². The molecule has 0 amide bonds. The van der Waals surface area contributed by atoms with E-state index in [1.165, 1.54) is 0 Å². The fourth-order valence-electron chi connectivity index (χ4n) is 0.269. The van der Waals surface area contributed by atoms with Gasteiger partial charge in [0.15, 0.2) is 0 Å². The summed E-state index contributed by atoms with van der Waals surface area (Å²) in [6, 6.07) is 0.573. The minimum absolute atomic E-state index is 0.0266. The lowest BCUT2D eigenvalue weighted by Crippen LogP contribution is -1.73. The molecule has 7 heavy (non-hydrogen) atoms. The van der Waals surface area contributed by atoms with Crippen molar-refractivity contribution in [3.8, 4) is 0 Å². The minimum atomic E-state index is -0.0266. The monoisotopic (exact) mass is 102 g/mol. The van der Waals surface area contributed by atoms with E-state index in [1.54, 1.807) is 0 Å². The van der Waals surface area contributed by atoms with Crippen molar-refractivity contribution in [2.24, 2.45) is 0 Å². The highest BCUT2D eigenvalue weighted by Gasteiger charge is 1.68. The van der Waals surface area contributed by atoms with Gasteiger partial charge in [0.1, 0.15) is 0 Å². The van der Waals surface area contributed by atoms with E-state index in [4.69, 9.17) is 7.85 Å². The van der Waals surface area contributed by atoms with Gasteiger partial charge in [0.2, 0.25) is 0 Å². The zero-order valence-corrected chi connectivity index (χ0v) is 4.57. The van der Waals surface area contributed by atoms with Crippen molar-refractivity contribution in [1.82, 2.24) is 0 Å². The van der Waals surface area contributed by atoms with Crippen molar-refractivity contribution in [2.45, 2.75) is 19.8 Å². The summed E-state index contributed by atoms with van der Waals surface area (Å²) < 4.78 is 14.2. The summed E-state index contributed by atoms with van der Waals surface area (Å²) in [5.74, 6) is 0. The second-order valence-electron chi connectivity index (χ2n) is 1.18. The molecule has 0 heterocycles. The first-order chi connectivity index (χ1) is 4.22. The highest BCUT2D eigenvalue weighted by atomic mass is 16.2. The van der Waals surface area contributed by atoms with Crippen LogP contribution in [0.3, 0.4) is 0 Å². The Morgan fingerprint density at radius 2 is 2.43 bits per heavy atom. The van der Waals surface area contributed by atoms with E-state index in [9.17, 15) is 0 Å². The van der Waals surface area contributed by atoms with E-state index in [0.717, 1.165) is 0 Å². The Balaban J connectivity index is 3.78. The van der Waals surface area contributed by atoms with Crippen LogP contribution in [0.15, 0.2) is 12.1 Å². The second-order valence-corrected chi connectivity index (χ2v) is 1.18. The molecular weight excluding hydrogens is 88.1 g/mol. The summed E-state index contributed by atoms with van der Waals surface area (Å²) in [7, 11) is 0. The molecule has 0 aliphatic carbocycles. The van der Waals surface area contributed by atoms with Gasteiger partial charge in [-0.2, -0.15) is 0 Å². The summed E-state index contributed by atoms with van der Waals surface area (Å²) >= 11 is 0. The summed E-state index contributed by atoms with van der Waals surface area (Å²) in [6.45, 7) is 1.80. The lowest BCUT2D eigenvalue weighted by Gasteiger charge is -1.79. The molecule has 0 saturated carbocycles. The van der Waals surface area contributed by atoms with Crippen molar-refractivity contribution >= 4 is 0 Å². The molecule has 0 aliphatic heterocycles. The Kier molecular flexibility index (Phi) is 2.99. The number of hydrogen-bond donors (Lipinski definition) is 1. The molecule has 1 N–H and O–H groups in total. The van der Waals surface area contributed by atoms with E-state index in [-0.39, 0.29) is 12.7 Å². The lowest BCUT2D eigenvalue weighted by atomic mass is 10.3. The Morgan fingerprint density at radius 1 is 1.71 bits per heavy atom. The number of aliphatic hydroxyl groups excluding tert-OH is 1. The van der Waals surface area contributed by atoms with E-state index in [2.05, 4.69) is 0 Å². The van der Waals surface area contributed by atoms with Crippen LogP contribution >= 0.6 is 0 Å². The topological polar surface area (TPSA) is 20.2 Å². The molecule has 1 heteroatoms. The average molecular weight is 102 g/mol. The molecule has 0 aromatic rings. The van der Waals surface area contributed by atoms with Crippen LogP contribution in [0.2, 0.25) is 0 Å².